The van der Waals surface area contributed by atoms with Gasteiger partial charge in [0.15, 0.2) is 0 Å². The Hall–Kier alpha value is -1.38. The third-order valence-corrected chi connectivity index (χ3v) is 5.11. The van der Waals surface area contributed by atoms with Crippen LogP contribution in [0.5, 0.6) is 0 Å². The van der Waals surface area contributed by atoms with Crippen LogP contribution < -0.4 is 15.5 Å². The Kier molecular flexibility index (Phi) is 4.57. The molecule has 0 aliphatic carbocycles. The largest absolute Gasteiger partial charge is 0.397 e. The highest BCUT2D eigenvalue weighted by atomic mass is 15.2. The first-order chi connectivity index (χ1) is 10.2. The molecule has 3 rings (SSSR count). The van der Waals surface area contributed by atoms with Gasteiger partial charge in [0.1, 0.15) is 0 Å². The number of anilines is 3. The minimum atomic E-state index is 0.860. The summed E-state index contributed by atoms with van der Waals surface area (Å²) >= 11 is 0. The molecule has 0 saturated carbocycles. The molecular weight excluding hydrogens is 258 g/mol. The van der Waals surface area contributed by atoms with Gasteiger partial charge in [-0.3, -0.25) is 0 Å². The van der Waals surface area contributed by atoms with E-state index in [2.05, 4.69) is 34.9 Å². The van der Waals surface area contributed by atoms with Crippen molar-refractivity contribution < 1.29 is 0 Å². The molecule has 0 aromatic heterocycles. The molecule has 0 bridgehead atoms. The second kappa shape index (κ2) is 6.59. The Bertz CT molecular complexity index is 456. The summed E-state index contributed by atoms with van der Waals surface area (Å²) in [5.41, 5.74) is 9.86. The van der Waals surface area contributed by atoms with Gasteiger partial charge in [0.25, 0.3) is 0 Å². The third-order valence-electron chi connectivity index (χ3n) is 5.11. The van der Waals surface area contributed by atoms with Gasteiger partial charge < -0.3 is 15.5 Å². The lowest BCUT2D eigenvalue weighted by atomic mass is 9.98. The second-order valence-corrected chi connectivity index (χ2v) is 6.81. The zero-order valence-corrected chi connectivity index (χ0v) is 13.4. The summed E-state index contributed by atoms with van der Waals surface area (Å²) in [7, 11) is 0. The van der Waals surface area contributed by atoms with Crippen molar-refractivity contribution in [3.63, 3.8) is 0 Å². The Morgan fingerprint density at radius 2 is 1.57 bits per heavy atom. The van der Waals surface area contributed by atoms with E-state index in [0.717, 1.165) is 24.7 Å². The van der Waals surface area contributed by atoms with Gasteiger partial charge >= 0.3 is 0 Å². The molecule has 2 fully saturated rings. The van der Waals surface area contributed by atoms with Gasteiger partial charge in [0.05, 0.1) is 11.4 Å². The molecule has 0 spiro atoms. The smallest absolute Gasteiger partial charge is 0.0601 e. The van der Waals surface area contributed by atoms with Gasteiger partial charge in [0.2, 0.25) is 0 Å². The highest BCUT2D eigenvalue weighted by Crippen LogP contribution is 2.32. The van der Waals surface area contributed by atoms with Gasteiger partial charge in [0, 0.05) is 31.9 Å². The van der Waals surface area contributed by atoms with Gasteiger partial charge in [-0.2, -0.15) is 0 Å². The van der Waals surface area contributed by atoms with Crippen molar-refractivity contribution in [2.45, 2.75) is 45.4 Å². The molecule has 0 radical (unpaired) electrons. The van der Waals surface area contributed by atoms with Crippen molar-refractivity contribution in [1.82, 2.24) is 0 Å². The SMILES string of the molecule is CC1CCN(c2ccc(N3CCCCCC3)cc2N)CC1. The van der Waals surface area contributed by atoms with Crippen LogP contribution in [0.2, 0.25) is 0 Å². The number of nitrogens with two attached hydrogens (primary N) is 1. The van der Waals surface area contributed by atoms with Crippen molar-refractivity contribution in [3.8, 4) is 0 Å². The summed E-state index contributed by atoms with van der Waals surface area (Å²) in [6, 6.07) is 6.71. The number of nitrogens with zero attached hydrogens (tertiary/aromatic N) is 2. The van der Waals surface area contributed by atoms with E-state index in [1.807, 2.05) is 0 Å². The van der Waals surface area contributed by atoms with E-state index in [0.29, 0.717) is 0 Å². The average molecular weight is 287 g/mol. The van der Waals surface area contributed by atoms with Crippen LogP contribution in [-0.4, -0.2) is 26.2 Å². The first-order valence-electron chi connectivity index (χ1n) is 8.63. The van der Waals surface area contributed by atoms with E-state index in [1.54, 1.807) is 0 Å². The Morgan fingerprint density at radius 1 is 0.905 bits per heavy atom. The lowest BCUT2D eigenvalue weighted by Gasteiger charge is -2.33. The Morgan fingerprint density at radius 3 is 2.19 bits per heavy atom. The van der Waals surface area contributed by atoms with E-state index in [-0.39, 0.29) is 0 Å². The number of rotatable bonds is 2. The fourth-order valence-electron chi connectivity index (χ4n) is 3.60. The van der Waals surface area contributed by atoms with Crippen molar-refractivity contribution in [2.75, 3.05) is 41.7 Å². The number of hydrogen-bond donors (Lipinski definition) is 1. The predicted octanol–water partition coefficient (Wildman–Crippen LogP) is 3.89. The monoisotopic (exact) mass is 287 g/mol. The van der Waals surface area contributed by atoms with Crippen molar-refractivity contribution in [3.05, 3.63) is 18.2 Å². The highest BCUT2D eigenvalue weighted by Gasteiger charge is 2.18. The first-order valence-corrected chi connectivity index (χ1v) is 8.63. The van der Waals surface area contributed by atoms with Crippen LogP contribution in [0.3, 0.4) is 0 Å². The standard InChI is InChI=1S/C18H29N3/c1-15-8-12-21(13-9-15)18-7-6-16(14-17(18)19)20-10-4-2-3-5-11-20/h6-7,14-15H,2-5,8-13,19H2,1H3. The van der Waals surface area contributed by atoms with E-state index in [4.69, 9.17) is 5.73 Å². The minimum Gasteiger partial charge on any atom is -0.397 e. The quantitative estimate of drug-likeness (QED) is 0.838. The average Bonchev–Trinajstić information content (AvgIpc) is 2.77. The minimum absolute atomic E-state index is 0.860. The van der Waals surface area contributed by atoms with E-state index >= 15 is 0 Å². The Labute approximate surface area is 129 Å². The highest BCUT2D eigenvalue weighted by molar-refractivity contribution is 5.73. The summed E-state index contributed by atoms with van der Waals surface area (Å²) < 4.78 is 0. The summed E-state index contributed by atoms with van der Waals surface area (Å²) in [5.74, 6) is 0.860. The topological polar surface area (TPSA) is 32.5 Å². The van der Waals surface area contributed by atoms with Gasteiger partial charge in [-0.15, -0.1) is 0 Å². The molecule has 2 N–H and O–H groups in total. The molecule has 0 unspecified atom stereocenters. The summed E-state index contributed by atoms with van der Waals surface area (Å²) in [6.45, 7) is 7.01. The van der Waals surface area contributed by atoms with Gasteiger partial charge in [-0.1, -0.05) is 19.8 Å². The second-order valence-electron chi connectivity index (χ2n) is 6.81. The van der Waals surface area contributed by atoms with E-state index in [1.165, 1.54) is 63.0 Å². The molecule has 1 aromatic rings. The van der Waals surface area contributed by atoms with Crippen molar-refractivity contribution in [2.24, 2.45) is 5.92 Å². The fourth-order valence-corrected chi connectivity index (χ4v) is 3.60. The van der Waals surface area contributed by atoms with Crippen LogP contribution in [-0.2, 0) is 0 Å². The third kappa shape index (κ3) is 3.45. The number of nitrogen functional groups attached to an aromatic ring is 1. The summed E-state index contributed by atoms with van der Waals surface area (Å²) in [5, 5.41) is 0. The molecule has 21 heavy (non-hydrogen) atoms. The molecule has 3 nitrogen and oxygen atoms in total. The molecule has 2 heterocycles. The van der Waals surface area contributed by atoms with Crippen LogP contribution in [0.1, 0.15) is 45.4 Å². The van der Waals surface area contributed by atoms with Crippen LogP contribution >= 0.6 is 0 Å². The lowest BCUT2D eigenvalue weighted by Crippen LogP contribution is -2.33. The molecule has 2 aliphatic rings. The fraction of sp³-hybridized carbons (Fsp3) is 0.667. The normalized spacial score (nSPS) is 21.4. The number of benzene rings is 1. The zero-order chi connectivity index (χ0) is 14.7. The molecule has 0 amide bonds. The predicted molar refractivity (Wildman–Crippen MR) is 92.1 cm³/mol. The maximum Gasteiger partial charge on any atom is 0.0601 e. The lowest BCUT2D eigenvalue weighted by molar-refractivity contribution is 0.439. The van der Waals surface area contributed by atoms with Crippen LogP contribution in [0, 0.1) is 5.92 Å². The van der Waals surface area contributed by atoms with Crippen LogP contribution in [0.25, 0.3) is 0 Å². The molecule has 2 saturated heterocycles. The molecule has 3 heteroatoms. The van der Waals surface area contributed by atoms with Gasteiger partial charge in [-0.25, -0.2) is 0 Å². The molecule has 1 aromatic carbocycles. The van der Waals surface area contributed by atoms with E-state index < -0.39 is 0 Å². The summed E-state index contributed by atoms with van der Waals surface area (Å²) in [6.07, 6.45) is 7.93. The summed E-state index contributed by atoms with van der Waals surface area (Å²) in [4.78, 5) is 4.97. The van der Waals surface area contributed by atoms with Crippen molar-refractivity contribution in [1.29, 1.82) is 0 Å². The maximum atomic E-state index is 6.36. The van der Waals surface area contributed by atoms with E-state index in [9.17, 15) is 0 Å². The molecule has 2 aliphatic heterocycles. The first kappa shape index (κ1) is 14.6. The van der Waals surface area contributed by atoms with Gasteiger partial charge in [-0.05, 0) is 49.8 Å². The Balaban J connectivity index is 1.73. The van der Waals surface area contributed by atoms with Crippen molar-refractivity contribution >= 4 is 17.1 Å². The maximum absolute atomic E-state index is 6.36. The molecule has 0 atom stereocenters. The zero-order valence-electron chi connectivity index (χ0n) is 13.4. The molecule has 116 valence electrons. The molecular formula is C18H29N3. The number of hydrogen-bond acceptors (Lipinski definition) is 3. The van der Waals surface area contributed by atoms with Crippen LogP contribution in [0.4, 0.5) is 17.1 Å². The number of piperidine rings is 1. The van der Waals surface area contributed by atoms with Crippen LogP contribution in [0.15, 0.2) is 18.2 Å².